The first-order valence-corrected chi connectivity index (χ1v) is 2.39. The molecule has 2 heteroatoms. The summed E-state index contributed by atoms with van der Waals surface area (Å²) in [5, 5.41) is 4.08. The lowest BCUT2D eigenvalue weighted by atomic mass is 10.3. The Bertz CT molecular complexity index is 133. The Kier molecular flexibility index (Phi) is 0.929. The zero-order valence-electron chi connectivity index (χ0n) is 4.68. The van der Waals surface area contributed by atoms with Crippen molar-refractivity contribution in [1.29, 1.82) is 0 Å². The molecule has 0 fully saturated rings. The van der Waals surface area contributed by atoms with Crippen LogP contribution in [0.4, 0.5) is 0 Å². The van der Waals surface area contributed by atoms with Crippen molar-refractivity contribution in [2.24, 2.45) is 5.10 Å². The summed E-state index contributed by atoms with van der Waals surface area (Å²) in [6.45, 7) is 2.03. The Morgan fingerprint density at radius 2 is 2.57 bits per heavy atom. The Hall–Kier alpha value is -0.660. The first-order chi connectivity index (χ1) is 3.29. The maximum absolute atomic E-state index is 4.08. The molecule has 0 bridgehead atoms. The van der Waals surface area contributed by atoms with Gasteiger partial charge in [0.15, 0.2) is 13.3 Å². The molecule has 0 amide bonds. The van der Waals surface area contributed by atoms with Crippen molar-refractivity contribution >= 4 is 11.9 Å². The van der Waals surface area contributed by atoms with Crippen LogP contribution in [-0.4, -0.2) is 23.7 Å². The van der Waals surface area contributed by atoms with Crippen molar-refractivity contribution in [2.45, 2.75) is 13.3 Å². The zero-order chi connectivity index (χ0) is 5.28. The number of rotatable bonds is 0. The van der Waals surface area contributed by atoms with Crippen LogP contribution in [0.5, 0.6) is 0 Å². The lowest BCUT2D eigenvalue weighted by Crippen LogP contribution is -1.88. The highest BCUT2D eigenvalue weighted by Gasteiger charge is 2.04. The highest BCUT2D eigenvalue weighted by Crippen LogP contribution is 1.89. The van der Waals surface area contributed by atoms with Crippen LogP contribution in [0.2, 0.25) is 0 Å². The molecule has 1 aliphatic heterocycles. The smallest absolute Gasteiger partial charge is 0.0977 e. The Morgan fingerprint density at radius 1 is 1.86 bits per heavy atom. The van der Waals surface area contributed by atoms with E-state index in [1.165, 1.54) is 5.71 Å². The van der Waals surface area contributed by atoms with E-state index in [1.807, 2.05) is 18.7 Å². The molecule has 7 heavy (non-hydrogen) atoms. The molecule has 0 aromatic rings. The molecule has 0 N–H and O–H groups in total. The molecule has 1 aliphatic rings. The number of hydrazone groups is 1. The van der Waals surface area contributed by atoms with Gasteiger partial charge in [-0.3, -0.25) is 0 Å². The van der Waals surface area contributed by atoms with E-state index < -0.39 is 0 Å². The number of nitrogens with zero attached hydrogens (tertiary/aromatic N) is 2. The largest absolute Gasteiger partial charge is 0.178 e. The molecular formula is C5H9N2+. The first-order valence-electron chi connectivity index (χ1n) is 2.39. The van der Waals surface area contributed by atoms with Crippen molar-refractivity contribution in [3.63, 3.8) is 0 Å². The van der Waals surface area contributed by atoms with E-state index in [2.05, 4.69) is 11.3 Å². The van der Waals surface area contributed by atoms with Crippen molar-refractivity contribution in [3.05, 3.63) is 0 Å². The fraction of sp³-hybridized carbons (Fsp3) is 0.600. The van der Waals surface area contributed by atoms with E-state index in [4.69, 9.17) is 0 Å². The monoisotopic (exact) mass is 97.1 g/mol. The van der Waals surface area contributed by atoms with Gasteiger partial charge in [-0.15, -0.1) is 0 Å². The summed E-state index contributed by atoms with van der Waals surface area (Å²) in [5.74, 6) is 0. The standard InChI is InChI=1S/C5H9N2/c1-5-3-4-7(2)6-5/h4H,3H2,1-2H3/q+1. The molecule has 1 heterocycles. The lowest BCUT2D eigenvalue weighted by Gasteiger charge is -1.71. The van der Waals surface area contributed by atoms with Gasteiger partial charge in [0.05, 0.1) is 12.1 Å². The highest BCUT2D eigenvalue weighted by molar-refractivity contribution is 5.93. The summed E-state index contributed by atoms with van der Waals surface area (Å²) in [7, 11) is 1.94. The maximum atomic E-state index is 4.08. The normalized spacial score (nSPS) is 19.1. The minimum Gasteiger partial charge on any atom is -0.0977 e. The average Bonchev–Trinajstić information content (AvgIpc) is 1.87. The first kappa shape index (κ1) is 4.50. The van der Waals surface area contributed by atoms with Crippen LogP contribution >= 0.6 is 0 Å². The van der Waals surface area contributed by atoms with Crippen LogP contribution in [-0.2, 0) is 0 Å². The Labute approximate surface area is 43.2 Å². The molecule has 38 valence electrons. The van der Waals surface area contributed by atoms with Crippen molar-refractivity contribution in [2.75, 3.05) is 7.05 Å². The number of hydrogen-bond donors (Lipinski definition) is 0. The van der Waals surface area contributed by atoms with Crippen LogP contribution in [0.25, 0.3) is 0 Å². The fourth-order valence-electron chi connectivity index (χ4n) is 0.615. The summed E-state index contributed by atoms with van der Waals surface area (Å²) >= 11 is 0. The van der Waals surface area contributed by atoms with Gasteiger partial charge in [0.1, 0.15) is 0 Å². The molecule has 0 atom stereocenters. The van der Waals surface area contributed by atoms with Gasteiger partial charge in [0.25, 0.3) is 0 Å². The van der Waals surface area contributed by atoms with Gasteiger partial charge in [-0.1, -0.05) is 4.68 Å². The van der Waals surface area contributed by atoms with E-state index in [-0.39, 0.29) is 0 Å². The third-order valence-electron chi connectivity index (χ3n) is 0.979. The molecule has 1 rings (SSSR count). The molecule has 0 aromatic carbocycles. The number of hydrogen-bond acceptors (Lipinski definition) is 1. The van der Waals surface area contributed by atoms with E-state index in [0.717, 1.165) is 6.42 Å². The van der Waals surface area contributed by atoms with E-state index in [0.29, 0.717) is 0 Å². The van der Waals surface area contributed by atoms with Gasteiger partial charge >= 0.3 is 0 Å². The predicted octanol–water partition coefficient (Wildman–Crippen LogP) is 0.479. The summed E-state index contributed by atoms with van der Waals surface area (Å²) in [5.41, 5.74) is 1.20. The molecule has 0 spiro atoms. The molecule has 2 nitrogen and oxygen atoms in total. The highest BCUT2D eigenvalue weighted by atomic mass is 15.4. The minimum absolute atomic E-state index is 1.02. The third kappa shape index (κ3) is 0.856. The van der Waals surface area contributed by atoms with Crippen LogP contribution in [0.15, 0.2) is 5.10 Å². The molecule has 0 radical (unpaired) electrons. The fourth-order valence-corrected chi connectivity index (χ4v) is 0.615. The van der Waals surface area contributed by atoms with Gasteiger partial charge in [0, 0.05) is 0 Å². The molecule has 0 aromatic heterocycles. The van der Waals surface area contributed by atoms with Gasteiger partial charge < -0.3 is 0 Å². The second-order valence-electron chi connectivity index (χ2n) is 1.80. The van der Waals surface area contributed by atoms with E-state index >= 15 is 0 Å². The third-order valence-corrected chi connectivity index (χ3v) is 0.979. The minimum atomic E-state index is 1.02. The Balaban J connectivity index is 2.69. The summed E-state index contributed by atoms with van der Waals surface area (Å²) in [6, 6.07) is 0. The predicted molar refractivity (Wildman–Crippen MR) is 30.0 cm³/mol. The molecular weight excluding hydrogens is 88.1 g/mol. The van der Waals surface area contributed by atoms with Gasteiger partial charge in [0.2, 0.25) is 0 Å². The van der Waals surface area contributed by atoms with Crippen molar-refractivity contribution in [3.8, 4) is 0 Å². The van der Waals surface area contributed by atoms with Gasteiger partial charge in [-0.2, -0.15) is 0 Å². The molecule has 0 saturated carbocycles. The van der Waals surface area contributed by atoms with Crippen LogP contribution in [0, 0.1) is 0 Å². The van der Waals surface area contributed by atoms with Crippen LogP contribution < -0.4 is 0 Å². The van der Waals surface area contributed by atoms with E-state index in [9.17, 15) is 0 Å². The molecule has 0 saturated heterocycles. The quantitative estimate of drug-likeness (QED) is 0.391. The summed E-state index contributed by atoms with van der Waals surface area (Å²) in [6.07, 6.45) is 3.08. The zero-order valence-corrected chi connectivity index (χ0v) is 4.68. The Morgan fingerprint density at radius 3 is 2.71 bits per heavy atom. The van der Waals surface area contributed by atoms with E-state index in [1.54, 1.807) is 0 Å². The average molecular weight is 97.1 g/mol. The van der Waals surface area contributed by atoms with Crippen LogP contribution in [0.1, 0.15) is 13.3 Å². The van der Waals surface area contributed by atoms with Gasteiger partial charge in [-0.25, -0.2) is 0 Å². The molecule has 0 unspecified atom stereocenters. The van der Waals surface area contributed by atoms with Crippen molar-refractivity contribution in [1.82, 2.24) is 0 Å². The lowest BCUT2D eigenvalue weighted by molar-refractivity contribution is -0.494. The van der Waals surface area contributed by atoms with Crippen LogP contribution in [0.3, 0.4) is 0 Å². The van der Waals surface area contributed by atoms with Crippen molar-refractivity contribution < 1.29 is 4.68 Å². The summed E-state index contributed by atoms with van der Waals surface area (Å²) < 4.78 is 1.84. The maximum Gasteiger partial charge on any atom is 0.178 e. The second kappa shape index (κ2) is 1.45. The SMILES string of the molecule is CC1=N[N+](C)=CC1. The second-order valence-corrected chi connectivity index (χ2v) is 1.80. The topological polar surface area (TPSA) is 15.4 Å². The molecule has 0 aliphatic carbocycles. The van der Waals surface area contributed by atoms with Gasteiger partial charge in [-0.05, 0) is 12.0 Å². The summed E-state index contributed by atoms with van der Waals surface area (Å²) in [4.78, 5) is 0.